The Bertz CT molecular complexity index is 8100. The number of fused-ring (bicyclic) bond motifs is 12. The fraction of sp³-hybridized carbons (Fsp3) is 0.149. The molecule has 0 aromatic heterocycles. The van der Waals surface area contributed by atoms with Crippen molar-refractivity contribution in [2.24, 2.45) is 0 Å². The van der Waals surface area contributed by atoms with E-state index in [-0.39, 0.29) is 27.9 Å². The second kappa shape index (κ2) is 34.9. The summed E-state index contributed by atoms with van der Waals surface area (Å²) in [6.07, 6.45) is 6.45. The Labute approximate surface area is 863 Å². The van der Waals surface area contributed by atoms with Crippen molar-refractivity contribution in [1.29, 1.82) is 0 Å². The van der Waals surface area contributed by atoms with Crippen LogP contribution in [-0.2, 0) is 71.0 Å². The Morgan fingerprint density at radius 3 is 0.612 bits per heavy atom. The van der Waals surface area contributed by atoms with E-state index in [2.05, 4.69) is 488 Å². The lowest BCUT2D eigenvalue weighted by Gasteiger charge is -2.37. The minimum Gasteiger partial charge on any atom is -0.310 e. The van der Waals surface area contributed by atoms with Gasteiger partial charge in [-0.15, -0.1) is 0 Å². The van der Waals surface area contributed by atoms with Crippen LogP contribution in [0.15, 0.2) is 455 Å². The van der Waals surface area contributed by atoms with Gasteiger partial charge in [0.05, 0.1) is 16.2 Å². The summed E-state index contributed by atoms with van der Waals surface area (Å²) in [6.45, 7) is 20.7. The van der Waals surface area contributed by atoms with Crippen LogP contribution in [0.4, 0.5) is 77.0 Å². The summed E-state index contributed by atoms with van der Waals surface area (Å²) >= 11 is 0. The first-order valence-electron chi connectivity index (χ1n) is 52.2. The van der Waals surface area contributed by atoms with Crippen LogP contribution >= 0.6 is 0 Å². The number of hydrogen-bond acceptors (Lipinski definition) is 4. The molecule has 0 saturated carbocycles. The Hall–Kier alpha value is -16.5. The first-order valence-corrected chi connectivity index (χ1v) is 52.2. The molecule has 0 radical (unpaired) electrons. The summed E-state index contributed by atoms with van der Waals surface area (Å²) in [6, 6.07) is 168. The molecule has 6 heteroatoms. The van der Waals surface area contributed by atoms with Crippen molar-refractivity contribution in [3.05, 3.63) is 583 Å². The van der Waals surface area contributed by atoms with E-state index >= 15 is 8.78 Å². The molecule has 20 aromatic carbocycles. The fourth-order valence-electron chi connectivity index (χ4n) is 25.0. The van der Waals surface area contributed by atoms with Gasteiger partial charge in [-0.25, -0.2) is 8.78 Å². The SMILES string of the molecule is CC(C)(C)c1ccc(C2(c3ccc4c(c3)CC4)c3ccccc3-c3ccc(N(c4ccccc4)c4ccc(-c5ccc(N(c6ccc(F)cc6)c6ccc7c(c6)C(c6ccc(C(C)(C)C)cc6)(c6ccc8c(c6)CC8)c6cc(N(c8ccc(F)cc8)c8ccc(-c9ccc(N(c%10ccccc%10)c%10ccc%11c(c%10)C(c%10ccc(C(C)(C)C)cc%10)(c%10ccc%12c(c%10)CC%12)c%10ccccc%10-%11)cc9)cc8)ccc6-7)cc5)cc4)cc32)cc1. The summed E-state index contributed by atoms with van der Waals surface area (Å²) < 4.78 is 31.3. The minimum absolute atomic E-state index is 0.00650. The molecule has 0 amide bonds. The molecule has 2 atom stereocenters. The van der Waals surface area contributed by atoms with Crippen molar-refractivity contribution >= 4 is 68.2 Å². The van der Waals surface area contributed by atoms with Gasteiger partial charge in [0.1, 0.15) is 11.6 Å². The Morgan fingerprint density at radius 2 is 0.374 bits per heavy atom. The quantitative estimate of drug-likeness (QED) is 0.0754. The number of para-hydroxylation sites is 2. The molecule has 0 saturated heterocycles. The summed E-state index contributed by atoms with van der Waals surface area (Å²) in [5.74, 6) is -0.619. The van der Waals surface area contributed by atoms with E-state index in [0.717, 1.165) is 157 Å². The van der Waals surface area contributed by atoms with Gasteiger partial charge in [0.15, 0.2) is 0 Å². The number of rotatable bonds is 20. The maximum Gasteiger partial charge on any atom is 0.123 e. The van der Waals surface area contributed by atoms with Gasteiger partial charge in [0.25, 0.3) is 0 Å². The van der Waals surface area contributed by atoms with E-state index in [1.807, 2.05) is 24.3 Å². The maximum atomic E-state index is 15.6. The lowest BCUT2D eigenvalue weighted by molar-refractivity contribution is 0.589. The van der Waals surface area contributed by atoms with Gasteiger partial charge in [-0.05, 0) is 397 Å². The number of anilines is 12. The van der Waals surface area contributed by atoms with Crippen LogP contribution in [0, 0.1) is 11.6 Å². The first kappa shape index (κ1) is 90.5. The molecule has 147 heavy (non-hydrogen) atoms. The Kier molecular flexibility index (Phi) is 21.5. The highest BCUT2D eigenvalue weighted by Gasteiger charge is 2.52. The van der Waals surface area contributed by atoms with Crippen LogP contribution in [0.25, 0.3) is 55.6 Å². The Balaban J connectivity index is 0.554. The predicted molar refractivity (Wildman–Crippen MR) is 606 cm³/mol. The summed E-state index contributed by atoms with van der Waals surface area (Å²) in [4.78, 5) is 9.39. The lowest BCUT2D eigenvalue weighted by Crippen LogP contribution is -2.30. The predicted octanol–water partition coefficient (Wildman–Crippen LogP) is 36.5. The monoisotopic (exact) mass is 1900 g/mol. The van der Waals surface area contributed by atoms with Crippen molar-refractivity contribution in [2.45, 2.75) is 133 Å². The molecule has 0 N–H and O–H groups in total. The van der Waals surface area contributed by atoms with Gasteiger partial charge in [0, 0.05) is 68.2 Å². The third-order valence-electron chi connectivity index (χ3n) is 33.0. The molecule has 2 unspecified atom stereocenters. The number of nitrogens with zero attached hydrogens (tertiary/aromatic N) is 4. The molecule has 0 aliphatic heterocycles. The van der Waals surface area contributed by atoms with E-state index < -0.39 is 16.2 Å². The highest BCUT2D eigenvalue weighted by molar-refractivity contribution is 5.96. The van der Waals surface area contributed by atoms with Gasteiger partial charge in [-0.1, -0.05) is 347 Å². The third kappa shape index (κ3) is 14.9. The van der Waals surface area contributed by atoms with Gasteiger partial charge in [-0.3, -0.25) is 0 Å². The molecular weight excluding hydrogens is 1790 g/mol. The topological polar surface area (TPSA) is 13.0 Å². The second-order valence-corrected chi connectivity index (χ2v) is 44.3. The zero-order valence-corrected chi connectivity index (χ0v) is 84.6. The van der Waals surface area contributed by atoms with Crippen molar-refractivity contribution in [2.75, 3.05) is 19.6 Å². The molecule has 4 nitrogen and oxygen atoms in total. The van der Waals surface area contributed by atoms with Crippen LogP contribution < -0.4 is 19.6 Å². The van der Waals surface area contributed by atoms with Gasteiger partial charge < -0.3 is 19.6 Å². The molecule has 0 heterocycles. The van der Waals surface area contributed by atoms with Gasteiger partial charge in [-0.2, -0.15) is 0 Å². The van der Waals surface area contributed by atoms with E-state index in [9.17, 15) is 0 Å². The highest BCUT2D eigenvalue weighted by atomic mass is 19.1. The lowest BCUT2D eigenvalue weighted by atomic mass is 9.66. The average Bonchev–Trinajstić information content (AvgIpc) is 1.55. The van der Waals surface area contributed by atoms with Crippen molar-refractivity contribution in [1.82, 2.24) is 0 Å². The number of halogens is 2. The molecule has 6 aliphatic rings. The fourth-order valence-corrected chi connectivity index (χ4v) is 25.0. The molecule has 0 spiro atoms. The van der Waals surface area contributed by atoms with E-state index in [4.69, 9.17) is 0 Å². The van der Waals surface area contributed by atoms with Crippen LogP contribution in [0.3, 0.4) is 0 Å². The zero-order valence-electron chi connectivity index (χ0n) is 84.6. The molecule has 20 aromatic rings. The summed E-state index contributed by atoms with van der Waals surface area (Å²) in [5, 5.41) is 0. The molecule has 26 rings (SSSR count). The molecule has 0 bridgehead atoms. The smallest absolute Gasteiger partial charge is 0.123 e. The highest BCUT2D eigenvalue weighted by Crippen LogP contribution is 2.64. The van der Waals surface area contributed by atoms with Crippen molar-refractivity contribution in [3.8, 4) is 55.6 Å². The standard InChI is InChI=1S/C141H114F2N4/c1-136(2,3)101-48-54-104(55-49-101)139(107-45-34-95-28-31-98(95)84-107)130-26-18-16-24-124(130)126-80-76-120(87-132(126)139)144(112-20-12-10-13-21-112)114-64-37-91(38-65-114)93-41-68-116(69-42-93)146(118-72-60-110(142)61-73-118)122-78-82-128-129-83-79-123(90-135(129)141(134(128)89-122,109-47-36-97-30-33-100(97)86-109)106-58-52-103(53-59-106)138(7,8)9)147(119-74-62-111(143)63-75-119)117-70-43-94(44-71-117)92-39-66-115(67-40-92)145(113-22-14-11-15-23-113)121-77-81-127-125-25-17-19-27-131(125)140(133(127)88-121,108-46-35-96-29-32-99(96)85-108)105-56-50-102(51-57-105)137(4,5)6/h10-27,34-90H,28-33H2,1-9H3. The number of benzene rings is 20. The molecule has 712 valence electrons. The van der Waals surface area contributed by atoms with Crippen molar-refractivity contribution in [3.63, 3.8) is 0 Å². The number of aryl methyl sites for hydroxylation is 6. The van der Waals surface area contributed by atoms with E-state index in [1.165, 1.54) is 122 Å². The maximum absolute atomic E-state index is 15.6. The second-order valence-electron chi connectivity index (χ2n) is 44.3. The van der Waals surface area contributed by atoms with E-state index in [1.54, 1.807) is 24.3 Å². The van der Waals surface area contributed by atoms with Gasteiger partial charge >= 0.3 is 0 Å². The molecular formula is C141H114F2N4. The molecule has 6 aliphatic carbocycles. The normalized spacial score (nSPS) is 16.2. The van der Waals surface area contributed by atoms with E-state index in [0.29, 0.717) is 0 Å². The van der Waals surface area contributed by atoms with Crippen molar-refractivity contribution < 1.29 is 8.78 Å². The zero-order chi connectivity index (χ0) is 99.6. The van der Waals surface area contributed by atoms with Gasteiger partial charge in [0.2, 0.25) is 0 Å². The first-order chi connectivity index (χ1) is 71.5. The largest absolute Gasteiger partial charge is 0.310 e. The van der Waals surface area contributed by atoms with Crippen LogP contribution in [0.2, 0.25) is 0 Å². The summed E-state index contributed by atoms with van der Waals surface area (Å²) in [7, 11) is 0. The van der Waals surface area contributed by atoms with Crippen LogP contribution in [-0.4, -0.2) is 0 Å². The number of hydrogen-bond donors (Lipinski definition) is 0. The van der Waals surface area contributed by atoms with Crippen LogP contribution in [0.1, 0.15) is 179 Å². The Morgan fingerprint density at radius 1 is 0.170 bits per heavy atom. The summed E-state index contributed by atoms with van der Waals surface area (Å²) in [5.41, 5.74) is 48.3. The molecule has 0 fully saturated rings. The minimum atomic E-state index is -0.893. The van der Waals surface area contributed by atoms with Crippen LogP contribution in [0.5, 0.6) is 0 Å². The average molecular weight is 1900 g/mol. The third-order valence-corrected chi connectivity index (χ3v) is 33.0.